The van der Waals surface area contributed by atoms with Crippen LogP contribution in [0.2, 0.25) is 0 Å². The molecular formula is C21H23FN4O. The number of H-pyrrole nitrogens is 1. The monoisotopic (exact) mass is 366 g/mol. The van der Waals surface area contributed by atoms with Crippen molar-refractivity contribution in [1.29, 1.82) is 0 Å². The highest BCUT2D eigenvalue weighted by Gasteiger charge is 2.20. The van der Waals surface area contributed by atoms with Gasteiger partial charge in [0.25, 0.3) is 0 Å². The Morgan fingerprint density at radius 1 is 1.15 bits per heavy atom. The van der Waals surface area contributed by atoms with Gasteiger partial charge in [-0.05, 0) is 61.0 Å². The average Bonchev–Trinajstić information content (AvgIpc) is 3.01. The van der Waals surface area contributed by atoms with Crippen molar-refractivity contribution < 1.29 is 9.18 Å². The van der Waals surface area contributed by atoms with Crippen LogP contribution in [0.5, 0.6) is 0 Å². The Bertz CT molecular complexity index is 964. The van der Waals surface area contributed by atoms with Crippen molar-refractivity contribution in [2.75, 3.05) is 23.7 Å². The number of aromatic amines is 1. The fraction of sp³-hybridized carbons (Fsp3) is 0.286. The summed E-state index contributed by atoms with van der Waals surface area (Å²) in [5.41, 5.74) is 5.00. The summed E-state index contributed by atoms with van der Waals surface area (Å²) in [6.45, 7) is 5.32. The smallest absolute Gasteiger partial charge is 0.323 e. The summed E-state index contributed by atoms with van der Waals surface area (Å²) in [6.07, 6.45) is 2.17. The molecule has 27 heavy (non-hydrogen) atoms. The molecule has 0 atom stereocenters. The van der Waals surface area contributed by atoms with E-state index in [1.165, 1.54) is 35.5 Å². The van der Waals surface area contributed by atoms with E-state index in [1.807, 2.05) is 18.2 Å². The maximum atomic E-state index is 13.0. The van der Waals surface area contributed by atoms with Crippen molar-refractivity contribution in [3.8, 4) is 0 Å². The molecule has 0 unspecified atom stereocenters. The Kier molecular flexibility index (Phi) is 4.81. The topological polar surface area (TPSA) is 60.2 Å². The minimum atomic E-state index is -0.349. The van der Waals surface area contributed by atoms with Crippen LogP contribution >= 0.6 is 0 Å². The summed E-state index contributed by atoms with van der Waals surface area (Å²) >= 11 is 0. The maximum Gasteiger partial charge on any atom is 0.323 e. The molecule has 0 saturated carbocycles. The SMILES string of the molecule is CCCN1CCc2[nH]c3ccc(NC(=O)Nc4ccc(F)cc4)cc3c2C1. The van der Waals surface area contributed by atoms with Gasteiger partial charge in [-0.3, -0.25) is 4.90 Å². The Labute approximate surface area is 157 Å². The summed E-state index contributed by atoms with van der Waals surface area (Å²) in [5, 5.41) is 6.73. The first-order valence-electron chi connectivity index (χ1n) is 9.32. The molecule has 2 amide bonds. The fourth-order valence-corrected chi connectivity index (χ4v) is 3.68. The molecule has 0 radical (unpaired) electrons. The van der Waals surface area contributed by atoms with Gasteiger partial charge >= 0.3 is 6.03 Å². The third-order valence-electron chi connectivity index (χ3n) is 4.95. The van der Waals surface area contributed by atoms with Crippen LogP contribution in [0.4, 0.5) is 20.6 Å². The Hall–Kier alpha value is -2.86. The van der Waals surface area contributed by atoms with Gasteiger partial charge in [-0.1, -0.05) is 6.92 Å². The molecule has 3 aromatic rings. The highest BCUT2D eigenvalue weighted by atomic mass is 19.1. The standard InChI is InChI=1S/C21H23FN4O/c1-2-10-26-11-9-20-18(13-26)17-12-16(7-8-19(17)25-20)24-21(27)23-15-5-3-14(22)4-6-15/h3-8,12,25H,2,9-11,13H2,1H3,(H2,23,24,27). The number of nitrogens with one attached hydrogen (secondary N) is 3. The minimum Gasteiger partial charge on any atom is -0.358 e. The van der Waals surface area contributed by atoms with Gasteiger partial charge in [-0.25, -0.2) is 9.18 Å². The van der Waals surface area contributed by atoms with Crippen molar-refractivity contribution in [2.24, 2.45) is 0 Å². The number of anilines is 2. The third kappa shape index (κ3) is 3.80. The van der Waals surface area contributed by atoms with Gasteiger partial charge in [0, 0.05) is 47.5 Å². The highest BCUT2D eigenvalue weighted by molar-refractivity contribution is 6.01. The second-order valence-corrected chi connectivity index (χ2v) is 6.95. The largest absolute Gasteiger partial charge is 0.358 e. The third-order valence-corrected chi connectivity index (χ3v) is 4.95. The molecule has 1 aliphatic rings. The summed E-state index contributed by atoms with van der Waals surface area (Å²) in [5.74, 6) is -0.333. The number of rotatable bonds is 4. The van der Waals surface area contributed by atoms with E-state index in [4.69, 9.17) is 0 Å². The molecule has 1 aromatic heterocycles. The van der Waals surface area contributed by atoms with Crippen molar-refractivity contribution in [2.45, 2.75) is 26.3 Å². The number of benzene rings is 2. The number of amides is 2. The van der Waals surface area contributed by atoms with Crippen molar-refractivity contribution >= 4 is 28.3 Å². The van der Waals surface area contributed by atoms with E-state index in [9.17, 15) is 9.18 Å². The first-order valence-corrected chi connectivity index (χ1v) is 9.32. The average molecular weight is 366 g/mol. The van der Waals surface area contributed by atoms with Crippen LogP contribution in [-0.2, 0) is 13.0 Å². The molecule has 0 aliphatic carbocycles. The highest BCUT2D eigenvalue weighted by Crippen LogP contribution is 2.30. The van der Waals surface area contributed by atoms with E-state index >= 15 is 0 Å². The zero-order valence-electron chi connectivity index (χ0n) is 15.3. The van der Waals surface area contributed by atoms with E-state index in [0.717, 1.165) is 49.1 Å². The predicted molar refractivity (Wildman–Crippen MR) is 107 cm³/mol. The lowest BCUT2D eigenvalue weighted by molar-refractivity contribution is 0.255. The van der Waals surface area contributed by atoms with Gasteiger partial charge < -0.3 is 15.6 Å². The molecule has 0 saturated heterocycles. The normalized spacial score (nSPS) is 14.1. The number of nitrogens with zero attached hydrogens (tertiary/aromatic N) is 1. The number of fused-ring (bicyclic) bond motifs is 3. The van der Waals surface area contributed by atoms with Gasteiger partial charge in [0.2, 0.25) is 0 Å². The molecule has 2 heterocycles. The number of urea groups is 1. The number of carbonyl (C=O) groups is 1. The summed E-state index contributed by atoms with van der Waals surface area (Å²) < 4.78 is 13.0. The number of carbonyl (C=O) groups excluding carboxylic acids is 1. The van der Waals surface area contributed by atoms with Crippen LogP contribution in [0.1, 0.15) is 24.6 Å². The molecule has 0 fully saturated rings. The van der Waals surface area contributed by atoms with Crippen molar-refractivity contribution in [3.05, 3.63) is 59.5 Å². The van der Waals surface area contributed by atoms with Gasteiger partial charge in [-0.2, -0.15) is 0 Å². The molecule has 4 rings (SSSR count). The number of hydrogen-bond acceptors (Lipinski definition) is 2. The van der Waals surface area contributed by atoms with Crippen molar-refractivity contribution in [3.63, 3.8) is 0 Å². The van der Waals surface area contributed by atoms with E-state index in [0.29, 0.717) is 5.69 Å². The second kappa shape index (κ2) is 7.40. The van der Waals surface area contributed by atoms with Crippen LogP contribution in [0, 0.1) is 5.82 Å². The molecule has 5 nitrogen and oxygen atoms in total. The predicted octanol–water partition coefficient (Wildman–Crippen LogP) is 4.72. The van der Waals surface area contributed by atoms with Gasteiger partial charge in [0.05, 0.1) is 0 Å². The molecule has 0 spiro atoms. The minimum absolute atomic E-state index is 0.333. The lowest BCUT2D eigenvalue weighted by Crippen LogP contribution is -2.30. The van der Waals surface area contributed by atoms with E-state index < -0.39 is 0 Å². The summed E-state index contributed by atoms with van der Waals surface area (Å²) in [7, 11) is 0. The maximum absolute atomic E-state index is 13.0. The van der Waals surface area contributed by atoms with Crippen LogP contribution in [-0.4, -0.2) is 29.0 Å². The number of halogens is 1. The molecule has 6 heteroatoms. The lowest BCUT2D eigenvalue weighted by Gasteiger charge is -2.26. The molecule has 140 valence electrons. The van der Waals surface area contributed by atoms with E-state index in [-0.39, 0.29) is 11.8 Å². The molecule has 0 bridgehead atoms. The molecule has 3 N–H and O–H groups in total. The van der Waals surface area contributed by atoms with Crippen molar-refractivity contribution in [1.82, 2.24) is 9.88 Å². The quantitative estimate of drug-likeness (QED) is 0.626. The van der Waals surface area contributed by atoms with E-state index in [1.54, 1.807) is 0 Å². The van der Waals surface area contributed by atoms with Crippen LogP contribution in [0.15, 0.2) is 42.5 Å². The zero-order valence-corrected chi connectivity index (χ0v) is 15.3. The molecule has 2 aromatic carbocycles. The Morgan fingerprint density at radius 2 is 1.89 bits per heavy atom. The first kappa shape index (κ1) is 17.5. The number of aromatic nitrogens is 1. The van der Waals surface area contributed by atoms with Gasteiger partial charge in [0.15, 0.2) is 0 Å². The fourth-order valence-electron chi connectivity index (χ4n) is 3.68. The van der Waals surface area contributed by atoms with Gasteiger partial charge in [0.1, 0.15) is 5.82 Å². The van der Waals surface area contributed by atoms with Crippen LogP contribution < -0.4 is 10.6 Å². The first-order chi connectivity index (χ1) is 13.1. The molecular weight excluding hydrogens is 343 g/mol. The van der Waals surface area contributed by atoms with Crippen LogP contribution in [0.3, 0.4) is 0 Å². The summed E-state index contributed by atoms with van der Waals surface area (Å²) in [6, 6.07) is 11.3. The van der Waals surface area contributed by atoms with Crippen LogP contribution in [0.25, 0.3) is 10.9 Å². The molecule has 1 aliphatic heterocycles. The van der Waals surface area contributed by atoms with E-state index in [2.05, 4.69) is 27.4 Å². The number of hydrogen-bond donors (Lipinski definition) is 3. The second-order valence-electron chi connectivity index (χ2n) is 6.95. The Morgan fingerprint density at radius 3 is 2.67 bits per heavy atom. The zero-order chi connectivity index (χ0) is 18.8. The Balaban J connectivity index is 1.52. The summed E-state index contributed by atoms with van der Waals surface area (Å²) in [4.78, 5) is 18.2. The lowest BCUT2D eigenvalue weighted by atomic mass is 10.0. The van der Waals surface area contributed by atoms with Gasteiger partial charge in [-0.15, -0.1) is 0 Å².